The number of nitrogens with one attached hydrogen (secondary N) is 1. The Morgan fingerprint density at radius 2 is 1.53 bits per heavy atom. The standard InChI is InChI=1S/C16H23NO2.C11H15N.CH4/c1-16(2,3)19-15(18)17-11-7-10-14(17)12-13-8-5-4-6-9-13;1-2-5-10(6-3-1)9-11-7-4-8-12-11;/h4-6,8-9,14H,7,10-12H2,1-3H3;1-3,5-6,11-12H,4,7-9H2;1H4. The van der Waals surface area contributed by atoms with Crippen molar-refractivity contribution in [2.45, 2.75) is 84.4 Å². The Morgan fingerprint density at radius 3 is 2.06 bits per heavy atom. The van der Waals surface area contributed by atoms with Crippen LogP contribution >= 0.6 is 0 Å². The van der Waals surface area contributed by atoms with Crippen LogP contribution in [0.25, 0.3) is 0 Å². The topological polar surface area (TPSA) is 41.6 Å². The van der Waals surface area contributed by atoms with Crippen molar-refractivity contribution in [2.24, 2.45) is 0 Å². The van der Waals surface area contributed by atoms with Crippen molar-refractivity contribution in [3.8, 4) is 0 Å². The van der Waals surface area contributed by atoms with E-state index in [1.807, 2.05) is 43.9 Å². The first-order chi connectivity index (χ1) is 14.9. The maximum Gasteiger partial charge on any atom is 0.410 e. The average molecular weight is 439 g/mol. The second-order valence-electron chi connectivity index (χ2n) is 9.64. The van der Waals surface area contributed by atoms with Crippen molar-refractivity contribution >= 4 is 6.09 Å². The van der Waals surface area contributed by atoms with E-state index in [9.17, 15) is 4.79 Å². The number of carbonyl (C=O) groups is 1. The highest BCUT2D eigenvalue weighted by Gasteiger charge is 2.32. The molecule has 0 spiro atoms. The molecular weight excluding hydrogens is 396 g/mol. The van der Waals surface area contributed by atoms with Crippen molar-refractivity contribution in [3.63, 3.8) is 0 Å². The lowest BCUT2D eigenvalue weighted by molar-refractivity contribution is 0.0227. The Bertz CT molecular complexity index is 780. The molecule has 2 aromatic carbocycles. The fourth-order valence-electron chi connectivity index (χ4n) is 4.32. The second kappa shape index (κ2) is 12.6. The zero-order valence-corrected chi connectivity index (χ0v) is 19.3. The predicted molar refractivity (Wildman–Crippen MR) is 134 cm³/mol. The Balaban J connectivity index is 0.000000241. The van der Waals surface area contributed by atoms with Gasteiger partial charge in [0.05, 0.1) is 0 Å². The third kappa shape index (κ3) is 8.66. The van der Waals surface area contributed by atoms with E-state index >= 15 is 0 Å². The van der Waals surface area contributed by atoms with Gasteiger partial charge in [-0.15, -0.1) is 0 Å². The van der Waals surface area contributed by atoms with E-state index in [2.05, 4.69) is 47.8 Å². The van der Waals surface area contributed by atoms with Crippen LogP contribution in [0.15, 0.2) is 60.7 Å². The van der Waals surface area contributed by atoms with Crippen molar-refractivity contribution in [3.05, 3.63) is 71.8 Å². The van der Waals surface area contributed by atoms with Crippen LogP contribution in [0.3, 0.4) is 0 Å². The summed E-state index contributed by atoms with van der Waals surface area (Å²) < 4.78 is 5.48. The lowest BCUT2D eigenvalue weighted by atomic mass is 10.0. The number of benzene rings is 2. The van der Waals surface area contributed by atoms with Crippen LogP contribution in [0.2, 0.25) is 0 Å². The Labute approximate surface area is 195 Å². The fourth-order valence-corrected chi connectivity index (χ4v) is 4.32. The van der Waals surface area contributed by atoms with Crippen LogP contribution in [0.1, 0.15) is 65.0 Å². The van der Waals surface area contributed by atoms with Crippen molar-refractivity contribution in [2.75, 3.05) is 13.1 Å². The molecule has 2 atom stereocenters. The van der Waals surface area contributed by atoms with E-state index in [0.717, 1.165) is 31.8 Å². The summed E-state index contributed by atoms with van der Waals surface area (Å²) in [7, 11) is 0. The average Bonchev–Trinajstić information content (AvgIpc) is 3.41. The molecule has 0 bridgehead atoms. The summed E-state index contributed by atoms with van der Waals surface area (Å²) in [6.07, 6.45) is 6.75. The minimum atomic E-state index is -0.420. The quantitative estimate of drug-likeness (QED) is 0.614. The van der Waals surface area contributed by atoms with Gasteiger partial charge in [0.1, 0.15) is 5.60 Å². The van der Waals surface area contributed by atoms with Crippen LogP contribution in [-0.4, -0.2) is 41.8 Å². The zero-order valence-electron chi connectivity index (χ0n) is 19.3. The van der Waals surface area contributed by atoms with Gasteiger partial charge in [-0.2, -0.15) is 0 Å². The van der Waals surface area contributed by atoms with Crippen LogP contribution < -0.4 is 5.32 Å². The lowest BCUT2D eigenvalue weighted by Crippen LogP contribution is -2.40. The summed E-state index contributed by atoms with van der Waals surface area (Å²) in [4.78, 5) is 14.1. The molecule has 4 rings (SSSR count). The normalized spacial score (nSPS) is 20.2. The van der Waals surface area contributed by atoms with E-state index in [1.54, 1.807) is 0 Å². The van der Waals surface area contributed by atoms with E-state index in [1.165, 1.54) is 36.9 Å². The Morgan fingerprint density at radius 1 is 0.938 bits per heavy atom. The third-order valence-electron chi connectivity index (χ3n) is 5.81. The van der Waals surface area contributed by atoms with Crippen LogP contribution in [0, 0.1) is 0 Å². The molecule has 32 heavy (non-hydrogen) atoms. The first-order valence-corrected chi connectivity index (χ1v) is 11.7. The maximum atomic E-state index is 12.2. The smallest absolute Gasteiger partial charge is 0.410 e. The summed E-state index contributed by atoms with van der Waals surface area (Å²) in [6, 6.07) is 22.1. The number of hydrogen-bond donors (Lipinski definition) is 1. The van der Waals surface area contributed by atoms with Crippen LogP contribution in [-0.2, 0) is 17.6 Å². The highest BCUT2D eigenvalue weighted by molar-refractivity contribution is 5.69. The molecule has 176 valence electrons. The number of likely N-dealkylation sites (tertiary alicyclic amines) is 1. The fraction of sp³-hybridized carbons (Fsp3) is 0.536. The second-order valence-corrected chi connectivity index (χ2v) is 9.64. The molecule has 2 saturated heterocycles. The van der Waals surface area contributed by atoms with Gasteiger partial charge >= 0.3 is 6.09 Å². The molecule has 4 heteroatoms. The monoisotopic (exact) mass is 438 g/mol. The highest BCUT2D eigenvalue weighted by Crippen LogP contribution is 2.23. The molecule has 2 fully saturated rings. The van der Waals surface area contributed by atoms with Gasteiger partial charge in [0, 0.05) is 18.6 Å². The summed E-state index contributed by atoms with van der Waals surface area (Å²) >= 11 is 0. The van der Waals surface area contributed by atoms with Crippen LogP contribution in [0.4, 0.5) is 4.79 Å². The SMILES string of the molecule is C.CC(C)(C)OC(=O)N1CCCC1Cc1ccccc1.c1ccc(CC2CCCN2)cc1. The molecule has 2 aromatic rings. The molecule has 2 unspecified atom stereocenters. The highest BCUT2D eigenvalue weighted by atomic mass is 16.6. The molecular formula is C28H42N2O2. The van der Waals surface area contributed by atoms with Gasteiger partial charge in [-0.25, -0.2) is 4.79 Å². The largest absolute Gasteiger partial charge is 0.444 e. The summed E-state index contributed by atoms with van der Waals surface area (Å²) in [6.45, 7) is 7.75. The lowest BCUT2D eigenvalue weighted by Gasteiger charge is -2.28. The Kier molecular flexibility index (Phi) is 10.2. The Hall–Kier alpha value is -2.33. The van der Waals surface area contributed by atoms with Gasteiger partial charge in [-0.3, -0.25) is 0 Å². The number of ether oxygens (including phenoxy) is 1. The number of hydrogen-bond acceptors (Lipinski definition) is 3. The molecule has 0 radical (unpaired) electrons. The molecule has 2 aliphatic rings. The number of amides is 1. The molecule has 2 heterocycles. The summed E-state index contributed by atoms with van der Waals surface area (Å²) in [5.74, 6) is 0. The molecule has 0 aromatic heterocycles. The first kappa shape index (κ1) is 25.9. The van der Waals surface area contributed by atoms with E-state index in [0.29, 0.717) is 0 Å². The minimum absolute atomic E-state index is 0. The third-order valence-corrected chi connectivity index (χ3v) is 5.81. The number of carbonyl (C=O) groups excluding carboxylic acids is 1. The minimum Gasteiger partial charge on any atom is -0.444 e. The van der Waals surface area contributed by atoms with E-state index < -0.39 is 5.60 Å². The number of nitrogens with zero attached hydrogens (tertiary/aromatic N) is 1. The number of rotatable bonds is 4. The van der Waals surface area contributed by atoms with Gasteiger partial charge in [0.2, 0.25) is 0 Å². The van der Waals surface area contributed by atoms with Gasteiger partial charge in [0.25, 0.3) is 0 Å². The molecule has 0 aliphatic carbocycles. The van der Waals surface area contributed by atoms with E-state index in [4.69, 9.17) is 4.74 Å². The van der Waals surface area contributed by atoms with Crippen LogP contribution in [0.5, 0.6) is 0 Å². The van der Waals surface area contributed by atoms with Crippen molar-refractivity contribution < 1.29 is 9.53 Å². The summed E-state index contributed by atoms with van der Waals surface area (Å²) in [5, 5.41) is 3.51. The first-order valence-electron chi connectivity index (χ1n) is 11.7. The predicted octanol–water partition coefficient (Wildman–Crippen LogP) is 6.25. The van der Waals surface area contributed by atoms with Crippen molar-refractivity contribution in [1.29, 1.82) is 0 Å². The summed E-state index contributed by atoms with van der Waals surface area (Å²) in [5.41, 5.74) is 2.32. The van der Waals surface area contributed by atoms with Gasteiger partial charge < -0.3 is 15.0 Å². The molecule has 1 amide bonds. The van der Waals surface area contributed by atoms with E-state index in [-0.39, 0.29) is 19.6 Å². The van der Waals surface area contributed by atoms with Gasteiger partial charge in [-0.1, -0.05) is 68.1 Å². The molecule has 0 saturated carbocycles. The van der Waals surface area contributed by atoms with Gasteiger partial charge in [0.15, 0.2) is 0 Å². The molecule has 4 nitrogen and oxygen atoms in total. The zero-order chi connectivity index (χ0) is 22.1. The molecule has 1 N–H and O–H groups in total. The maximum absolute atomic E-state index is 12.2. The van der Waals surface area contributed by atoms with Gasteiger partial charge in [-0.05, 0) is 77.0 Å². The molecule has 2 aliphatic heterocycles. The van der Waals surface area contributed by atoms with Crippen molar-refractivity contribution in [1.82, 2.24) is 10.2 Å².